The van der Waals surface area contributed by atoms with Gasteiger partial charge < -0.3 is 10.2 Å². The van der Waals surface area contributed by atoms with Crippen molar-refractivity contribution in [2.75, 3.05) is 20.6 Å². The van der Waals surface area contributed by atoms with Gasteiger partial charge in [-0.3, -0.25) is 4.79 Å². The van der Waals surface area contributed by atoms with Crippen molar-refractivity contribution in [2.24, 2.45) is 0 Å². The van der Waals surface area contributed by atoms with Crippen LogP contribution in [0.4, 0.5) is 4.39 Å². The van der Waals surface area contributed by atoms with Crippen molar-refractivity contribution < 1.29 is 9.18 Å². The Balaban J connectivity index is 2.61. The lowest BCUT2D eigenvalue weighted by Crippen LogP contribution is -2.34. The Morgan fingerprint density at radius 3 is 2.65 bits per heavy atom. The zero-order chi connectivity index (χ0) is 13.0. The minimum Gasteiger partial charge on any atom is -0.348 e. The first kappa shape index (κ1) is 13.6. The van der Waals surface area contributed by atoms with Crippen LogP contribution in [0.2, 0.25) is 0 Å². The lowest BCUT2D eigenvalue weighted by molar-refractivity contribution is -0.127. The zero-order valence-corrected chi connectivity index (χ0v) is 10.7. The molecule has 1 rings (SSSR count). The number of amides is 1. The molecular formula is C13H19FN2O. The number of aryl methyl sites for hydroxylation is 1. The fraction of sp³-hybridized carbons (Fsp3) is 0.462. The Morgan fingerprint density at radius 2 is 2.12 bits per heavy atom. The van der Waals surface area contributed by atoms with Crippen LogP contribution in [0.5, 0.6) is 0 Å². The molecule has 0 radical (unpaired) electrons. The van der Waals surface area contributed by atoms with E-state index in [1.807, 2.05) is 13.0 Å². The van der Waals surface area contributed by atoms with Gasteiger partial charge in [-0.25, -0.2) is 4.39 Å². The van der Waals surface area contributed by atoms with Crippen LogP contribution >= 0.6 is 0 Å². The second-order valence-corrected chi connectivity index (χ2v) is 4.40. The maximum Gasteiger partial charge on any atom is 0.236 e. The highest BCUT2D eigenvalue weighted by Gasteiger charge is 2.10. The van der Waals surface area contributed by atoms with Gasteiger partial charge in [-0.2, -0.15) is 0 Å². The molecule has 0 aliphatic heterocycles. The fourth-order valence-electron chi connectivity index (χ4n) is 1.39. The number of rotatable bonds is 4. The zero-order valence-electron chi connectivity index (χ0n) is 10.7. The molecule has 0 aliphatic carbocycles. The first-order valence-corrected chi connectivity index (χ1v) is 5.61. The molecule has 0 saturated heterocycles. The molecule has 1 N–H and O–H groups in total. The highest BCUT2D eigenvalue weighted by atomic mass is 19.1. The van der Waals surface area contributed by atoms with E-state index < -0.39 is 0 Å². The average molecular weight is 238 g/mol. The van der Waals surface area contributed by atoms with Crippen LogP contribution in [0.3, 0.4) is 0 Å². The second-order valence-electron chi connectivity index (χ2n) is 4.40. The number of benzene rings is 1. The first-order chi connectivity index (χ1) is 7.91. The summed E-state index contributed by atoms with van der Waals surface area (Å²) in [5.41, 5.74) is 1.48. The SMILES string of the molecule is Cc1ccc(C(C)NCC(=O)N(C)C)cc1F. The lowest BCUT2D eigenvalue weighted by atomic mass is 10.1. The van der Waals surface area contributed by atoms with Crippen LogP contribution in [-0.2, 0) is 4.79 Å². The Bertz CT molecular complexity index is 404. The van der Waals surface area contributed by atoms with Crippen molar-refractivity contribution in [3.8, 4) is 0 Å². The van der Waals surface area contributed by atoms with E-state index in [-0.39, 0.29) is 24.3 Å². The molecule has 4 heteroatoms. The first-order valence-electron chi connectivity index (χ1n) is 5.61. The van der Waals surface area contributed by atoms with Gasteiger partial charge in [0.2, 0.25) is 5.91 Å². The number of hydrogen-bond acceptors (Lipinski definition) is 2. The average Bonchev–Trinajstić information content (AvgIpc) is 2.28. The molecule has 0 fully saturated rings. The largest absolute Gasteiger partial charge is 0.348 e. The summed E-state index contributed by atoms with van der Waals surface area (Å²) in [4.78, 5) is 12.9. The van der Waals surface area contributed by atoms with Crippen LogP contribution < -0.4 is 5.32 Å². The maximum absolute atomic E-state index is 13.4. The molecule has 0 aliphatic rings. The van der Waals surface area contributed by atoms with Gasteiger partial charge in [0.15, 0.2) is 0 Å². The van der Waals surface area contributed by atoms with E-state index in [1.165, 1.54) is 11.0 Å². The topological polar surface area (TPSA) is 32.3 Å². The van der Waals surface area contributed by atoms with Crippen molar-refractivity contribution >= 4 is 5.91 Å². The molecule has 1 atom stereocenters. The normalized spacial score (nSPS) is 12.3. The van der Waals surface area contributed by atoms with E-state index in [0.717, 1.165) is 5.56 Å². The minimum absolute atomic E-state index is 0.00411. The van der Waals surface area contributed by atoms with Crippen molar-refractivity contribution in [3.63, 3.8) is 0 Å². The molecule has 0 spiro atoms. The number of halogens is 1. The molecule has 1 unspecified atom stereocenters. The van der Waals surface area contributed by atoms with E-state index in [0.29, 0.717) is 5.56 Å². The monoisotopic (exact) mass is 238 g/mol. The van der Waals surface area contributed by atoms with Gasteiger partial charge in [-0.15, -0.1) is 0 Å². The summed E-state index contributed by atoms with van der Waals surface area (Å²) in [6.45, 7) is 3.89. The summed E-state index contributed by atoms with van der Waals surface area (Å²) >= 11 is 0. The predicted molar refractivity (Wildman–Crippen MR) is 66.2 cm³/mol. The van der Waals surface area contributed by atoms with Crippen molar-refractivity contribution in [1.82, 2.24) is 10.2 Å². The minimum atomic E-state index is -0.213. The van der Waals surface area contributed by atoms with Gasteiger partial charge in [0.25, 0.3) is 0 Å². The number of hydrogen-bond donors (Lipinski definition) is 1. The van der Waals surface area contributed by atoms with E-state index in [4.69, 9.17) is 0 Å². The van der Waals surface area contributed by atoms with E-state index in [9.17, 15) is 9.18 Å². The van der Waals surface area contributed by atoms with Crippen molar-refractivity contribution in [1.29, 1.82) is 0 Å². The Kier molecular flexibility index (Phi) is 4.63. The van der Waals surface area contributed by atoms with Crippen LogP contribution in [-0.4, -0.2) is 31.4 Å². The molecule has 3 nitrogen and oxygen atoms in total. The molecule has 1 aromatic carbocycles. The molecule has 1 aromatic rings. The highest BCUT2D eigenvalue weighted by molar-refractivity contribution is 5.77. The van der Waals surface area contributed by atoms with E-state index in [1.54, 1.807) is 27.1 Å². The summed E-state index contributed by atoms with van der Waals surface area (Å²) in [7, 11) is 3.42. The molecule has 17 heavy (non-hydrogen) atoms. The standard InChI is InChI=1S/C13H19FN2O/c1-9-5-6-11(7-12(9)14)10(2)15-8-13(17)16(3)4/h5-7,10,15H,8H2,1-4H3. The molecule has 0 heterocycles. The summed E-state index contributed by atoms with van der Waals surface area (Å²) in [5.74, 6) is -0.209. The Morgan fingerprint density at radius 1 is 1.47 bits per heavy atom. The second kappa shape index (κ2) is 5.77. The lowest BCUT2D eigenvalue weighted by Gasteiger charge is -2.16. The van der Waals surface area contributed by atoms with Gasteiger partial charge >= 0.3 is 0 Å². The molecule has 94 valence electrons. The summed E-state index contributed by atoms with van der Waals surface area (Å²) in [6.07, 6.45) is 0. The van der Waals surface area contributed by atoms with Gasteiger partial charge in [-0.05, 0) is 31.0 Å². The smallest absolute Gasteiger partial charge is 0.236 e. The molecule has 0 bridgehead atoms. The molecular weight excluding hydrogens is 219 g/mol. The Hall–Kier alpha value is -1.42. The van der Waals surface area contributed by atoms with Crippen molar-refractivity contribution in [2.45, 2.75) is 19.9 Å². The third kappa shape index (κ3) is 3.82. The van der Waals surface area contributed by atoms with Crippen LogP contribution in [0.1, 0.15) is 24.1 Å². The number of nitrogens with zero attached hydrogens (tertiary/aromatic N) is 1. The predicted octanol–water partition coefficient (Wildman–Crippen LogP) is 1.87. The quantitative estimate of drug-likeness (QED) is 0.868. The third-order valence-corrected chi connectivity index (χ3v) is 2.75. The van der Waals surface area contributed by atoms with Crippen molar-refractivity contribution in [3.05, 3.63) is 35.1 Å². The van der Waals surface area contributed by atoms with Gasteiger partial charge in [-0.1, -0.05) is 12.1 Å². The summed E-state index contributed by atoms with van der Waals surface area (Å²) in [6, 6.07) is 5.08. The molecule has 0 saturated carbocycles. The van der Waals surface area contributed by atoms with E-state index in [2.05, 4.69) is 5.32 Å². The van der Waals surface area contributed by atoms with Gasteiger partial charge in [0.1, 0.15) is 5.82 Å². The van der Waals surface area contributed by atoms with Crippen LogP contribution in [0.15, 0.2) is 18.2 Å². The summed E-state index contributed by atoms with van der Waals surface area (Å²) < 4.78 is 13.4. The van der Waals surface area contributed by atoms with Crippen LogP contribution in [0, 0.1) is 12.7 Å². The Labute approximate surface area is 102 Å². The fourth-order valence-corrected chi connectivity index (χ4v) is 1.39. The van der Waals surface area contributed by atoms with Gasteiger partial charge in [0, 0.05) is 20.1 Å². The number of nitrogens with one attached hydrogen (secondary N) is 1. The molecule has 1 amide bonds. The summed E-state index contributed by atoms with van der Waals surface area (Å²) in [5, 5.41) is 3.07. The maximum atomic E-state index is 13.4. The highest BCUT2D eigenvalue weighted by Crippen LogP contribution is 2.15. The van der Waals surface area contributed by atoms with Gasteiger partial charge in [0.05, 0.1) is 6.54 Å². The number of carbonyl (C=O) groups excluding carboxylic acids is 1. The number of likely N-dealkylation sites (N-methyl/N-ethyl adjacent to an activating group) is 1. The molecule has 0 aromatic heterocycles. The van der Waals surface area contributed by atoms with Crippen LogP contribution in [0.25, 0.3) is 0 Å². The number of carbonyl (C=O) groups is 1. The third-order valence-electron chi connectivity index (χ3n) is 2.75. The van der Waals surface area contributed by atoms with E-state index >= 15 is 0 Å².